The maximum absolute atomic E-state index is 12.2. The van der Waals surface area contributed by atoms with Gasteiger partial charge in [-0.1, -0.05) is 30.3 Å². The van der Waals surface area contributed by atoms with Gasteiger partial charge in [-0.05, 0) is 31.2 Å². The smallest absolute Gasteiger partial charge is 0.320 e. The Hall–Kier alpha value is -1.77. The number of benzene rings is 1. The maximum Gasteiger partial charge on any atom is 0.320 e. The van der Waals surface area contributed by atoms with Gasteiger partial charge in [0.15, 0.2) is 0 Å². The van der Waals surface area contributed by atoms with Crippen molar-refractivity contribution in [1.82, 2.24) is 5.32 Å². The van der Waals surface area contributed by atoms with Crippen LogP contribution in [0.3, 0.4) is 0 Å². The van der Waals surface area contributed by atoms with E-state index in [4.69, 9.17) is 4.74 Å². The number of ether oxygens (including phenoxy) is 1. The van der Waals surface area contributed by atoms with Gasteiger partial charge in [-0.3, -0.25) is 4.79 Å². The van der Waals surface area contributed by atoms with E-state index in [9.17, 15) is 4.79 Å². The van der Waals surface area contributed by atoms with Crippen molar-refractivity contribution in [3.05, 3.63) is 48.2 Å². The van der Waals surface area contributed by atoms with Gasteiger partial charge >= 0.3 is 5.97 Å². The molecule has 3 nitrogen and oxygen atoms in total. The minimum absolute atomic E-state index is 0.163. The van der Waals surface area contributed by atoms with Gasteiger partial charge in [-0.15, -0.1) is 0 Å². The first kappa shape index (κ1) is 11.7. The molecule has 0 fully saturated rings. The third-order valence-electron chi connectivity index (χ3n) is 3.08. The molecule has 1 aromatic rings. The highest BCUT2D eigenvalue weighted by atomic mass is 16.5. The first-order valence-corrected chi connectivity index (χ1v) is 5.93. The van der Waals surface area contributed by atoms with Crippen LogP contribution in [0.4, 0.5) is 0 Å². The molecule has 0 saturated carbocycles. The van der Waals surface area contributed by atoms with Gasteiger partial charge in [0.25, 0.3) is 0 Å². The molecule has 1 aromatic carbocycles. The van der Waals surface area contributed by atoms with Crippen LogP contribution in [0.25, 0.3) is 0 Å². The van der Waals surface area contributed by atoms with Crippen molar-refractivity contribution < 1.29 is 9.53 Å². The van der Waals surface area contributed by atoms with Crippen LogP contribution in [-0.4, -0.2) is 19.1 Å². The minimum atomic E-state index is -0.622. The van der Waals surface area contributed by atoms with Crippen molar-refractivity contribution in [2.45, 2.75) is 18.8 Å². The van der Waals surface area contributed by atoms with Gasteiger partial charge in [-0.25, -0.2) is 0 Å². The zero-order valence-corrected chi connectivity index (χ0v) is 9.98. The average Bonchev–Trinajstić information content (AvgIpc) is 2.41. The third kappa shape index (κ3) is 2.18. The lowest BCUT2D eigenvalue weighted by molar-refractivity contribution is -0.148. The highest BCUT2D eigenvalue weighted by Crippen LogP contribution is 2.32. The number of carbonyl (C=O) groups excluding carboxylic acids is 1. The van der Waals surface area contributed by atoms with Gasteiger partial charge in [0, 0.05) is 6.54 Å². The van der Waals surface area contributed by atoms with Crippen LogP contribution in [0.1, 0.15) is 18.9 Å². The Morgan fingerprint density at radius 2 is 2.18 bits per heavy atom. The van der Waals surface area contributed by atoms with Crippen molar-refractivity contribution in [2.75, 3.05) is 13.2 Å². The summed E-state index contributed by atoms with van der Waals surface area (Å²) >= 11 is 0. The Balaban J connectivity index is 2.40. The molecule has 0 spiro atoms. The summed E-state index contributed by atoms with van der Waals surface area (Å²) in [7, 11) is 0. The summed E-state index contributed by atoms with van der Waals surface area (Å²) in [6.45, 7) is 3.03. The monoisotopic (exact) mass is 231 g/mol. The number of hydrogen-bond donors (Lipinski definition) is 1. The van der Waals surface area contributed by atoms with E-state index in [1.54, 1.807) is 0 Å². The van der Waals surface area contributed by atoms with Gasteiger partial charge in [-0.2, -0.15) is 0 Å². The van der Waals surface area contributed by atoms with E-state index < -0.39 is 5.41 Å². The van der Waals surface area contributed by atoms with Crippen LogP contribution in [0.15, 0.2) is 42.6 Å². The zero-order chi connectivity index (χ0) is 12.1. The van der Waals surface area contributed by atoms with E-state index in [-0.39, 0.29) is 5.97 Å². The molecular formula is C14H17NO2. The number of nitrogens with one attached hydrogen (secondary N) is 1. The number of rotatable bonds is 3. The quantitative estimate of drug-likeness (QED) is 0.808. The third-order valence-corrected chi connectivity index (χ3v) is 3.08. The van der Waals surface area contributed by atoms with Gasteiger partial charge < -0.3 is 10.1 Å². The topological polar surface area (TPSA) is 38.3 Å². The summed E-state index contributed by atoms with van der Waals surface area (Å²) in [6, 6.07) is 9.81. The molecule has 0 saturated heterocycles. The normalized spacial score (nSPS) is 22.9. The van der Waals surface area contributed by atoms with Crippen molar-refractivity contribution in [3.63, 3.8) is 0 Å². The SMILES string of the molecule is CCOC(=O)C1(c2ccccc2)C=CNCC1. The minimum Gasteiger partial charge on any atom is -0.465 e. The molecule has 0 aliphatic carbocycles. The fourth-order valence-corrected chi connectivity index (χ4v) is 2.16. The molecule has 1 aliphatic heterocycles. The lowest BCUT2D eigenvalue weighted by Gasteiger charge is -2.31. The van der Waals surface area contributed by atoms with E-state index in [2.05, 4.69) is 5.32 Å². The first-order valence-electron chi connectivity index (χ1n) is 5.93. The van der Waals surface area contributed by atoms with E-state index >= 15 is 0 Å². The second kappa shape index (κ2) is 5.04. The Morgan fingerprint density at radius 1 is 1.41 bits per heavy atom. The highest BCUT2D eigenvalue weighted by molar-refractivity contribution is 5.86. The molecule has 1 atom stereocenters. The molecule has 1 aliphatic rings. The van der Waals surface area contributed by atoms with E-state index in [0.29, 0.717) is 6.61 Å². The number of carbonyl (C=O) groups is 1. The predicted octanol–water partition coefficient (Wildman–Crippen LogP) is 1.99. The number of esters is 1. The van der Waals surface area contributed by atoms with Crippen LogP contribution in [0.5, 0.6) is 0 Å². The second-order valence-electron chi connectivity index (χ2n) is 4.10. The van der Waals surface area contributed by atoms with Crippen LogP contribution in [0, 0.1) is 0 Å². The van der Waals surface area contributed by atoms with Crippen molar-refractivity contribution in [1.29, 1.82) is 0 Å². The van der Waals surface area contributed by atoms with Crippen molar-refractivity contribution in [2.24, 2.45) is 0 Å². The van der Waals surface area contributed by atoms with Gasteiger partial charge in [0.05, 0.1) is 6.61 Å². The highest BCUT2D eigenvalue weighted by Gasteiger charge is 2.40. The molecule has 0 amide bonds. The summed E-state index contributed by atoms with van der Waals surface area (Å²) in [5.74, 6) is -0.163. The predicted molar refractivity (Wildman–Crippen MR) is 66.5 cm³/mol. The zero-order valence-electron chi connectivity index (χ0n) is 9.98. The van der Waals surface area contributed by atoms with Crippen LogP contribution in [0.2, 0.25) is 0 Å². The molecule has 17 heavy (non-hydrogen) atoms. The Labute approximate surface area is 101 Å². The Kier molecular flexibility index (Phi) is 3.47. The summed E-state index contributed by atoms with van der Waals surface area (Å²) < 4.78 is 5.22. The largest absolute Gasteiger partial charge is 0.465 e. The molecular weight excluding hydrogens is 214 g/mol. The molecule has 90 valence electrons. The average molecular weight is 231 g/mol. The molecule has 0 radical (unpaired) electrons. The lowest BCUT2D eigenvalue weighted by atomic mass is 9.76. The van der Waals surface area contributed by atoms with Crippen LogP contribution in [-0.2, 0) is 14.9 Å². The maximum atomic E-state index is 12.2. The Morgan fingerprint density at radius 3 is 2.76 bits per heavy atom. The van der Waals surface area contributed by atoms with E-state index in [1.165, 1.54) is 0 Å². The number of hydrogen-bond acceptors (Lipinski definition) is 3. The molecule has 0 aromatic heterocycles. The summed E-state index contributed by atoms with van der Waals surface area (Å²) in [4.78, 5) is 12.2. The summed E-state index contributed by atoms with van der Waals surface area (Å²) in [5.41, 5.74) is 0.374. The lowest BCUT2D eigenvalue weighted by Crippen LogP contribution is -2.41. The first-order chi connectivity index (χ1) is 8.29. The fraction of sp³-hybridized carbons (Fsp3) is 0.357. The van der Waals surface area contributed by atoms with Gasteiger partial charge in [0.1, 0.15) is 5.41 Å². The summed E-state index contributed by atoms with van der Waals surface area (Å²) in [5, 5.41) is 3.12. The fourth-order valence-electron chi connectivity index (χ4n) is 2.16. The second-order valence-corrected chi connectivity index (χ2v) is 4.10. The molecule has 1 unspecified atom stereocenters. The van der Waals surface area contributed by atoms with E-state index in [0.717, 1.165) is 18.5 Å². The molecule has 1 heterocycles. The van der Waals surface area contributed by atoms with E-state index in [1.807, 2.05) is 49.5 Å². The molecule has 0 bridgehead atoms. The van der Waals surface area contributed by atoms with Crippen LogP contribution >= 0.6 is 0 Å². The molecule has 1 N–H and O–H groups in total. The Bertz CT molecular complexity index is 413. The van der Waals surface area contributed by atoms with Crippen LogP contribution < -0.4 is 5.32 Å². The summed E-state index contributed by atoms with van der Waals surface area (Å²) in [6.07, 6.45) is 4.48. The van der Waals surface area contributed by atoms with Gasteiger partial charge in [0.2, 0.25) is 0 Å². The standard InChI is InChI=1S/C14H17NO2/c1-2-17-13(16)14(8-10-15-11-9-14)12-6-4-3-5-7-12/h3-8,10,15H,2,9,11H2,1H3. The molecule has 3 heteroatoms. The van der Waals surface area contributed by atoms with Crippen molar-refractivity contribution in [3.8, 4) is 0 Å². The van der Waals surface area contributed by atoms with Crippen molar-refractivity contribution >= 4 is 5.97 Å². The molecule has 2 rings (SSSR count).